The van der Waals surface area contributed by atoms with Crippen LogP contribution >= 0.6 is 0 Å². The number of esters is 1. The van der Waals surface area contributed by atoms with Gasteiger partial charge in [0.15, 0.2) is 12.4 Å². The summed E-state index contributed by atoms with van der Waals surface area (Å²) in [6.45, 7) is 1.33. The summed E-state index contributed by atoms with van der Waals surface area (Å²) in [5.74, 6) is -1.23. The van der Waals surface area contributed by atoms with Gasteiger partial charge in [0, 0.05) is 11.1 Å². The minimum atomic E-state index is -0.639. The van der Waals surface area contributed by atoms with Crippen molar-refractivity contribution in [1.82, 2.24) is 5.32 Å². The number of amides is 1. The van der Waals surface area contributed by atoms with Gasteiger partial charge in [0.1, 0.15) is 6.54 Å². The van der Waals surface area contributed by atoms with Crippen LogP contribution in [-0.2, 0) is 22.4 Å². The monoisotopic (exact) mass is 351 g/mol. The van der Waals surface area contributed by atoms with Gasteiger partial charge in [0.2, 0.25) is 0 Å². The molecule has 1 aliphatic carbocycles. The summed E-state index contributed by atoms with van der Waals surface area (Å²) in [4.78, 5) is 35.9. The summed E-state index contributed by atoms with van der Waals surface area (Å²) in [6.07, 6.45) is 3.16. The number of nitrogens with one attached hydrogen (secondary N) is 1. The summed E-state index contributed by atoms with van der Waals surface area (Å²) < 4.78 is 4.98. The number of rotatable bonds is 6. The van der Waals surface area contributed by atoms with E-state index in [1.54, 1.807) is 18.2 Å². The summed E-state index contributed by atoms with van der Waals surface area (Å²) in [7, 11) is 0. The van der Waals surface area contributed by atoms with E-state index in [9.17, 15) is 14.4 Å². The number of carbonyl (C=O) groups is 3. The van der Waals surface area contributed by atoms with Gasteiger partial charge in [-0.15, -0.1) is 0 Å². The highest BCUT2D eigenvalue weighted by molar-refractivity contribution is 5.99. The second kappa shape index (κ2) is 7.95. The fourth-order valence-electron chi connectivity index (χ4n) is 2.99. The first kappa shape index (κ1) is 17.9. The fraction of sp³-hybridized carbons (Fsp3) is 0.286. The van der Waals surface area contributed by atoms with Crippen LogP contribution in [0.3, 0.4) is 0 Å². The molecule has 0 spiro atoms. The minimum Gasteiger partial charge on any atom is -0.456 e. The maximum Gasteiger partial charge on any atom is 0.325 e. The van der Waals surface area contributed by atoms with Crippen LogP contribution in [0, 0.1) is 6.92 Å². The Hall–Kier alpha value is -2.95. The van der Waals surface area contributed by atoms with Gasteiger partial charge in [-0.1, -0.05) is 29.8 Å². The van der Waals surface area contributed by atoms with Crippen LogP contribution in [0.4, 0.5) is 0 Å². The third kappa shape index (κ3) is 4.36. The zero-order chi connectivity index (χ0) is 18.5. The van der Waals surface area contributed by atoms with Gasteiger partial charge < -0.3 is 10.1 Å². The van der Waals surface area contributed by atoms with Crippen molar-refractivity contribution in [3.05, 3.63) is 70.3 Å². The molecule has 0 atom stereocenters. The molecule has 5 nitrogen and oxygen atoms in total. The van der Waals surface area contributed by atoms with E-state index in [2.05, 4.69) is 5.32 Å². The Morgan fingerprint density at radius 2 is 1.65 bits per heavy atom. The second-order valence-corrected chi connectivity index (χ2v) is 6.47. The van der Waals surface area contributed by atoms with E-state index in [4.69, 9.17) is 4.74 Å². The lowest BCUT2D eigenvalue weighted by molar-refractivity contribution is -0.141. The van der Waals surface area contributed by atoms with Crippen LogP contribution in [0.5, 0.6) is 0 Å². The lowest BCUT2D eigenvalue weighted by atomic mass is 10.0. The van der Waals surface area contributed by atoms with Crippen LogP contribution < -0.4 is 5.32 Å². The largest absolute Gasteiger partial charge is 0.456 e. The van der Waals surface area contributed by atoms with E-state index >= 15 is 0 Å². The number of fused-ring (bicyclic) bond motifs is 1. The molecular formula is C21H21NO4. The predicted molar refractivity (Wildman–Crippen MR) is 97.3 cm³/mol. The van der Waals surface area contributed by atoms with E-state index in [0.717, 1.165) is 24.8 Å². The number of hydrogen-bond acceptors (Lipinski definition) is 4. The van der Waals surface area contributed by atoms with Crippen molar-refractivity contribution in [2.24, 2.45) is 0 Å². The topological polar surface area (TPSA) is 72.5 Å². The van der Waals surface area contributed by atoms with E-state index in [1.165, 1.54) is 11.1 Å². The van der Waals surface area contributed by atoms with Crippen LogP contribution in [0.2, 0.25) is 0 Å². The van der Waals surface area contributed by atoms with E-state index in [-0.39, 0.29) is 24.8 Å². The molecule has 0 radical (unpaired) electrons. The van der Waals surface area contributed by atoms with Gasteiger partial charge in [-0.05, 0) is 55.5 Å². The summed E-state index contributed by atoms with van der Waals surface area (Å²) in [5, 5.41) is 2.49. The highest BCUT2D eigenvalue weighted by Gasteiger charge is 2.15. The normalized spacial score (nSPS) is 12.3. The van der Waals surface area contributed by atoms with Crippen molar-refractivity contribution in [2.75, 3.05) is 13.2 Å². The fourth-order valence-corrected chi connectivity index (χ4v) is 2.99. The molecule has 1 amide bonds. The molecule has 0 aromatic heterocycles. The molecule has 0 bridgehead atoms. The molecule has 0 unspecified atom stereocenters. The van der Waals surface area contributed by atoms with Crippen LogP contribution in [0.1, 0.15) is 43.8 Å². The summed E-state index contributed by atoms with van der Waals surface area (Å²) >= 11 is 0. The number of benzene rings is 2. The van der Waals surface area contributed by atoms with Crippen molar-refractivity contribution < 1.29 is 19.1 Å². The lowest BCUT2D eigenvalue weighted by Gasteiger charge is -2.07. The number of ketones is 1. The second-order valence-electron chi connectivity index (χ2n) is 6.47. The van der Waals surface area contributed by atoms with Gasteiger partial charge in [-0.2, -0.15) is 0 Å². The van der Waals surface area contributed by atoms with Crippen molar-refractivity contribution in [2.45, 2.75) is 26.2 Å². The number of ether oxygens (including phenoxy) is 1. The molecule has 26 heavy (non-hydrogen) atoms. The van der Waals surface area contributed by atoms with Crippen molar-refractivity contribution in [1.29, 1.82) is 0 Å². The minimum absolute atomic E-state index is 0.238. The Balaban J connectivity index is 1.45. The molecule has 0 saturated carbocycles. The lowest BCUT2D eigenvalue weighted by Crippen LogP contribution is -2.31. The molecular weight excluding hydrogens is 330 g/mol. The van der Waals surface area contributed by atoms with Gasteiger partial charge in [0.05, 0.1) is 0 Å². The summed E-state index contributed by atoms with van der Waals surface area (Å²) in [5.41, 5.74) is 4.57. The number of hydrogen-bond donors (Lipinski definition) is 1. The summed E-state index contributed by atoms with van der Waals surface area (Å²) in [6, 6.07) is 12.7. The van der Waals surface area contributed by atoms with Gasteiger partial charge in [0.25, 0.3) is 5.91 Å². The van der Waals surface area contributed by atoms with Crippen LogP contribution in [0.15, 0.2) is 42.5 Å². The Morgan fingerprint density at radius 3 is 2.42 bits per heavy atom. The Labute approximate surface area is 152 Å². The van der Waals surface area contributed by atoms with Gasteiger partial charge >= 0.3 is 5.97 Å². The van der Waals surface area contributed by atoms with Gasteiger partial charge in [-0.3, -0.25) is 14.4 Å². The smallest absolute Gasteiger partial charge is 0.325 e. The van der Waals surface area contributed by atoms with Crippen molar-refractivity contribution in [3.63, 3.8) is 0 Å². The van der Waals surface area contributed by atoms with E-state index in [1.807, 2.05) is 31.2 Å². The first-order valence-corrected chi connectivity index (χ1v) is 8.68. The maximum atomic E-state index is 12.2. The molecule has 0 saturated heterocycles. The number of aryl methyl sites for hydroxylation is 3. The van der Waals surface area contributed by atoms with E-state index in [0.29, 0.717) is 11.1 Å². The SMILES string of the molecule is Cc1ccc(C(=O)NCC(=O)OCC(=O)c2ccc3c(c2)CCC3)cc1. The molecule has 134 valence electrons. The number of Topliss-reactive ketones (excluding diaryl/α,β-unsaturated/α-hetero) is 1. The molecule has 0 fully saturated rings. The Bertz CT molecular complexity index is 840. The van der Waals surface area contributed by atoms with Crippen molar-refractivity contribution >= 4 is 17.7 Å². The van der Waals surface area contributed by atoms with Gasteiger partial charge in [-0.25, -0.2) is 0 Å². The Morgan fingerprint density at radius 1 is 0.962 bits per heavy atom. The quantitative estimate of drug-likeness (QED) is 0.641. The third-order valence-corrected chi connectivity index (χ3v) is 4.49. The first-order valence-electron chi connectivity index (χ1n) is 8.68. The molecule has 0 aliphatic heterocycles. The zero-order valence-electron chi connectivity index (χ0n) is 14.7. The molecule has 1 aliphatic rings. The molecule has 5 heteroatoms. The molecule has 1 N–H and O–H groups in total. The van der Waals surface area contributed by atoms with Crippen molar-refractivity contribution in [3.8, 4) is 0 Å². The molecule has 2 aromatic carbocycles. The Kier molecular flexibility index (Phi) is 5.46. The highest BCUT2D eigenvalue weighted by atomic mass is 16.5. The highest BCUT2D eigenvalue weighted by Crippen LogP contribution is 2.23. The molecule has 3 rings (SSSR count). The van der Waals surface area contributed by atoms with E-state index < -0.39 is 5.97 Å². The van der Waals surface area contributed by atoms with Crippen LogP contribution in [-0.4, -0.2) is 30.8 Å². The predicted octanol–water partition coefficient (Wildman–Crippen LogP) is 2.64. The standard InChI is InChI=1S/C21H21NO4/c1-14-5-7-16(8-6-14)21(25)22-12-20(24)26-13-19(23)18-10-9-15-3-2-4-17(15)11-18/h5-11H,2-4,12-13H2,1H3,(H,22,25). The zero-order valence-corrected chi connectivity index (χ0v) is 14.7. The number of carbonyl (C=O) groups excluding carboxylic acids is 3. The first-order chi connectivity index (χ1) is 12.5. The maximum absolute atomic E-state index is 12.2. The average Bonchev–Trinajstić information content (AvgIpc) is 3.12. The molecule has 2 aromatic rings. The van der Waals surface area contributed by atoms with Crippen LogP contribution in [0.25, 0.3) is 0 Å². The third-order valence-electron chi connectivity index (χ3n) is 4.49. The molecule has 0 heterocycles. The average molecular weight is 351 g/mol.